The molecule has 2 heterocycles. The molecule has 0 aliphatic heterocycles. The number of nitrogens with two attached hydrogens (primary N) is 1. The van der Waals surface area contributed by atoms with Crippen LogP contribution in [0, 0.1) is 19.7 Å². The number of rotatable bonds is 6. The molecule has 4 rings (SSSR count). The molecule has 0 unspecified atom stereocenters. The number of nitrogens with one attached hydrogen (secondary N) is 1. The van der Waals surface area contributed by atoms with Crippen LogP contribution >= 0.6 is 11.8 Å². The van der Waals surface area contributed by atoms with Crippen LogP contribution in [-0.4, -0.2) is 32.1 Å². The monoisotopic (exact) mass is 452 g/mol. The maximum atomic E-state index is 13.7. The second kappa shape index (κ2) is 8.83. The van der Waals surface area contributed by atoms with E-state index >= 15 is 0 Å². The Morgan fingerprint density at radius 3 is 2.66 bits per heavy atom. The fourth-order valence-corrected chi connectivity index (χ4v) is 3.64. The number of anilines is 2. The van der Waals surface area contributed by atoms with Gasteiger partial charge in [0.05, 0.1) is 0 Å². The van der Waals surface area contributed by atoms with Gasteiger partial charge in [0, 0.05) is 11.3 Å². The first-order chi connectivity index (χ1) is 15.4. The van der Waals surface area contributed by atoms with Crippen LogP contribution in [0.5, 0.6) is 0 Å². The summed E-state index contributed by atoms with van der Waals surface area (Å²) < 4.78 is 20.5. The zero-order valence-electron chi connectivity index (χ0n) is 17.7. The first-order valence-corrected chi connectivity index (χ1v) is 11.0. The highest BCUT2D eigenvalue weighted by molar-refractivity contribution is 7.98. The van der Waals surface area contributed by atoms with Crippen LogP contribution in [-0.2, 0) is 11.3 Å². The first-order valence-electron chi connectivity index (χ1n) is 9.73. The number of carbonyl (C=O) groups excluding carboxylic acids is 1. The topological polar surface area (TPSA) is 112 Å². The number of benzene rings is 2. The molecular formula is C22H21FN6O2S. The van der Waals surface area contributed by atoms with E-state index < -0.39 is 11.7 Å². The Bertz CT molecular complexity index is 1280. The van der Waals surface area contributed by atoms with Gasteiger partial charge in [-0.3, -0.25) is 4.79 Å². The summed E-state index contributed by atoms with van der Waals surface area (Å²) in [5, 5.41) is 11.7. The van der Waals surface area contributed by atoms with Gasteiger partial charge in [-0.1, -0.05) is 41.1 Å². The summed E-state index contributed by atoms with van der Waals surface area (Å²) in [5.74, 6) is 0.0772. The van der Waals surface area contributed by atoms with Crippen molar-refractivity contribution in [2.24, 2.45) is 0 Å². The molecule has 0 aliphatic carbocycles. The number of aromatic nitrogens is 4. The molecule has 2 aromatic heterocycles. The van der Waals surface area contributed by atoms with Crippen molar-refractivity contribution in [3.8, 4) is 22.8 Å². The molecule has 10 heteroatoms. The van der Waals surface area contributed by atoms with Crippen LogP contribution in [0.3, 0.4) is 0 Å². The molecule has 2 aromatic carbocycles. The van der Waals surface area contributed by atoms with Gasteiger partial charge in [0.1, 0.15) is 28.8 Å². The van der Waals surface area contributed by atoms with Crippen LogP contribution in [0.25, 0.3) is 22.8 Å². The highest BCUT2D eigenvalue weighted by Crippen LogP contribution is 2.34. The fraction of sp³-hybridized carbons (Fsp3) is 0.182. The van der Waals surface area contributed by atoms with E-state index in [2.05, 4.69) is 20.6 Å². The van der Waals surface area contributed by atoms with Crippen molar-refractivity contribution in [2.75, 3.05) is 17.3 Å². The molecule has 0 saturated heterocycles. The summed E-state index contributed by atoms with van der Waals surface area (Å²) in [7, 11) is 0. The van der Waals surface area contributed by atoms with Gasteiger partial charge in [-0.25, -0.2) is 9.07 Å². The number of hydrogen-bond acceptors (Lipinski definition) is 7. The molecule has 0 atom stereocenters. The number of carbonyl (C=O) groups is 1. The maximum Gasteiger partial charge on any atom is 0.264 e. The van der Waals surface area contributed by atoms with Gasteiger partial charge >= 0.3 is 0 Å². The Kier molecular flexibility index (Phi) is 5.95. The van der Waals surface area contributed by atoms with Gasteiger partial charge in [0.15, 0.2) is 0 Å². The highest BCUT2D eigenvalue weighted by Gasteiger charge is 2.24. The van der Waals surface area contributed by atoms with Crippen molar-refractivity contribution >= 4 is 29.2 Å². The van der Waals surface area contributed by atoms with Crippen LogP contribution in [0.2, 0.25) is 0 Å². The SMILES string of the molecule is CSc1nn(CC(=O)Nc2ccc(C)c(F)c2)c(N)c1-c1nc(-c2ccc(C)cc2)no1. The second-order valence-corrected chi connectivity index (χ2v) is 8.02. The predicted octanol–water partition coefficient (Wildman–Crippen LogP) is 4.30. The van der Waals surface area contributed by atoms with Crippen LogP contribution in [0.4, 0.5) is 15.9 Å². The number of hydrogen-bond donors (Lipinski definition) is 2. The summed E-state index contributed by atoms with van der Waals surface area (Å²) in [4.78, 5) is 16.9. The number of amides is 1. The lowest BCUT2D eigenvalue weighted by molar-refractivity contribution is -0.116. The standard InChI is InChI=1S/C22H21FN6O2S/c1-12-4-7-14(8-5-12)20-26-21(31-28-20)18-19(24)29(27-22(18)32-3)11-17(30)25-15-9-6-13(2)16(23)10-15/h4-10H,11,24H2,1-3H3,(H,25,30). The number of aryl methyl sites for hydroxylation is 2. The highest BCUT2D eigenvalue weighted by atomic mass is 32.2. The Labute approximate surface area is 188 Å². The molecule has 32 heavy (non-hydrogen) atoms. The summed E-state index contributed by atoms with van der Waals surface area (Å²) >= 11 is 1.35. The minimum absolute atomic E-state index is 0.159. The maximum absolute atomic E-state index is 13.7. The van der Waals surface area contributed by atoms with Crippen molar-refractivity contribution in [1.29, 1.82) is 0 Å². The molecule has 3 N–H and O–H groups in total. The smallest absolute Gasteiger partial charge is 0.264 e. The molecule has 0 bridgehead atoms. The Morgan fingerprint density at radius 1 is 1.22 bits per heavy atom. The number of nitrogens with zero attached hydrogens (tertiary/aromatic N) is 4. The molecule has 0 saturated carbocycles. The van der Waals surface area contributed by atoms with Crippen LogP contribution in [0.1, 0.15) is 11.1 Å². The third-order valence-electron chi connectivity index (χ3n) is 4.85. The summed E-state index contributed by atoms with van der Waals surface area (Å²) in [5.41, 5.74) is 9.54. The Hall–Kier alpha value is -3.66. The number of halogens is 1. The quantitative estimate of drug-likeness (QED) is 0.420. The lowest BCUT2D eigenvalue weighted by atomic mass is 10.1. The van der Waals surface area contributed by atoms with Crippen LogP contribution < -0.4 is 11.1 Å². The molecule has 0 radical (unpaired) electrons. The van der Waals surface area contributed by atoms with Gasteiger partial charge in [-0.05, 0) is 37.8 Å². The third-order valence-corrected chi connectivity index (χ3v) is 5.52. The van der Waals surface area contributed by atoms with Gasteiger partial charge in [0.25, 0.3) is 5.89 Å². The predicted molar refractivity (Wildman–Crippen MR) is 122 cm³/mol. The van der Waals surface area contributed by atoms with E-state index in [4.69, 9.17) is 10.3 Å². The summed E-state index contributed by atoms with van der Waals surface area (Å²) in [6.45, 7) is 3.49. The molecule has 4 aromatic rings. The fourth-order valence-electron chi connectivity index (χ4n) is 3.07. The third kappa shape index (κ3) is 4.35. The van der Waals surface area contributed by atoms with E-state index in [0.29, 0.717) is 27.7 Å². The zero-order chi connectivity index (χ0) is 22.8. The largest absolute Gasteiger partial charge is 0.383 e. The van der Waals surface area contributed by atoms with E-state index in [1.807, 2.05) is 37.4 Å². The molecule has 8 nitrogen and oxygen atoms in total. The van der Waals surface area contributed by atoms with E-state index in [0.717, 1.165) is 11.1 Å². The van der Waals surface area contributed by atoms with Crippen molar-refractivity contribution in [1.82, 2.24) is 19.9 Å². The van der Waals surface area contributed by atoms with E-state index in [9.17, 15) is 9.18 Å². The van der Waals surface area contributed by atoms with Crippen LogP contribution in [0.15, 0.2) is 52.0 Å². The van der Waals surface area contributed by atoms with Crippen molar-refractivity contribution < 1.29 is 13.7 Å². The normalized spacial score (nSPS) is 11.0. The first kappa shape index (κ1) is 21.6. The van der Waals surface area contributed by atoms with E-state index in [1.54, 1.807) is 19.1 Å². The minimum atomic E-state index is -0.396. The lowest BCUT2D eigenvalue weighted by Crippen LogP contribution is -2.20. The summed E-state index contributed by atoms with van der Waals surface area (Å²) in [6.07, 6.45) is 1.84. The molecule has 1 amide bonds. The van der Waals surface area contributed by atoms with Gasteiger partial charge in [-0.15, -0.1) is 11.8 Å². The van der Waals surface area contributed by atoms with Crippen molar-refractivity contribution in [3.63, 3.8) is 0 Å². The van der Waals surface area contributed by atoms with Gasteiger partial charge in [-0.2, -0.15) is 10.1 Å². The zero-order valence-corrected chi connectivity index (χ0v) is 18.5. The van der Waals surface area contributed by atoms with Crippen molar-refractivity contribution in [3.05, 3.63) is 59.4 Å². The molecule has 0 fully saturated rings. The van der Waals surface area contributed by atoms with Gasteiger partial charge in [0.2, 0.25) is 11.7 Å². The average Bonchev–Trinajstić information content (AvgIpc) is 3.36. The molecule has 0 aliphatic rings. The molecule has 164 valence electrons. The molecule has 0 spiro atoms. The average molecular weight is 453 g/mol. The Morgan fingerprint density at radius 2 is 1.97 bits per heavy atom. The second-order valence-electron chi connectivity index (χ2n) is 7.23. The van der Waals surface area contributed by atoms with Gasteiger partial charge < -0.3 is 15.6 Å². The summed E-state index contributed by atoms with van der Waals surface area (Å²) in [6, 6.07) is 12.2. The van der Waals surface area contributed by atoms with E-state index in [1.165, 1.54) is 22.5 Å². The molecular weight excluding hydrogens is 431 g/mol. The minimum Gasteiger partial charge on any atom is -0.383 e. The van der Waals surface area contributed by atoms with Crippen molar-refractivity contribution in [2.45, 2.75) is 25.4 Å². The Balaban J connectivity index is 1.57. The lowest BCUT2D eigenvalue weighted by Gasteiger charge is -2.07. The number of thioether (sulfide) groups is 1. The van der Waals surface area contributed by atoms with E-state index in [-0.39, 0.29) is 18.3 Å². The number of nitrogen functional groups attached to an aromatic ring is 1.